The van der Waals surface area contributed by atoms with Gasteiger partial charge in [0, 0.05) is 11.8 Å². The summed E-state index contributed by atoms with van der Waals surface area (Å²) in [5.41, 5.74) is 0.351. The molecule has 5 heteroatoms. The lowest BCUT2D eigenvalue weighted by atomic mass is 10.1. The summed E-state index contributed by atoms with van der Waals surface area (Å²) in [7, 11) is 0. The number of anilines is 1. The summed E-state index contributed by atoms with van der Waals surface area (Å²) in [6, 6.07) is 11.0. The zero-order valence-electron chi connectivity index (χ0n) is 9.33. The van der Waals surface area contributed by atoms with Crippen LogP contribution in [0.5, 0.6) is 0 Å². The van der Waals surface area contributed by atoms with E-state index in [0.717, 1.165) is 0 Å². The lowest BCUT2D eigenvalue weighted by Gasteiger charge is -2.04. The second-order valence-corrected chi connectivity index (χ2v) is 3.56. The summed E-state index contributed by atoms with van der Waals surface area (Å²) in [6.45, 7) is 0. The largest absolute Gasteiger partial charge is 0.478 e. The van der Waals surface area contributed by atoms with Gasteiger partial charge in [0.05, 0.1) is 5.56 Å². The normalized spacial score (nSPS) is 9.78. The van der Waals surface area contributed by atoms with Gasteiger partial charge in [-0.2, -0.15) is 0 Å². The zero-order valence-corrected chi connectivity index (χ0v) is 9.33. The number of carboxylic acid groups (broad SMARTS) is 1. The number of rotatable bonds is 3. The Balaban J connectivity index is 2.19. The first kappa shape index (κ1) is 11.8. The Morgan fingerprint density at radius 2 is 1.83 bits per heavy atom. The highest BCUT2D eigenvalue weighted by Crippen LogP contribution is 2.08. The minimum Gasteiger partial charge on any atom is -0.478 e. The van der Waals surface area contributed by atoms with Crippen LogP contribution in [0, 0.1) is 0 Å². The second kappa shape index (κ2) is 5.09. The number of hydrogen-bond acceptors (Lipinski definition) is 3. The van der Waals surface area contributed by atoms with E-state index in [1.165, 1.54) is 18.2 Å². The maximum atomic E-state index is 11.8. The molecule has 1 amide bonds. The van der Waals surface area contributed by atoms with Crippen LogP contribution in [0.15, 0.2) is 48.7 Å². The Kier molecular flexibility index (Phi) is 3.33. The van der Waals surface area contributed by atoms with Crippen LogP contribution >= 0.6 is 0 Å². The molecular formula is C13H10N2O3. The van der Waals surface area contributed by atoms with E-state index in [4.69, 9.17) is 5.11 Å². The number of nitrogens with zero attached hydrogens (tertiary/aromatic N) is 1. The molecule has 0 bridgehead atoms. The highest BCUT2D eigenvalue weighted by Gasteiger charge is 2.09. The zero-order chi connectivity index (χ0) is 13.0. The Morgan fingerprint density at radius 1 is 1.06 bits per heavy atom. The third kappa shape index (κ3) is 2.70. The molecule has 5 nitrogen and oxygen atoms in total. The number of pyridine rings is 1. The van der Waals surface area contributed by atoms with Gasteiger partial charge in [0.25, 0.3) is 5.91 Å². The molecule has 1 aromatic heterocycles. The van der Waals surface area contributed by atoms with Crippen molar-refractivity contribution in [2.24, 2.45) is 0 Å². The van der Waals surface area contributed by atoms with E-state index in [-0.39, 0.29) is 11.1 Å². The maximum Gasteiger partial charge on any atom is 0.335 e. The van der Waals surface area contributed by atoms with Crippen LogP contribution < -0.4 is 5.32 Å². The number of aromatic carboxylic acids is 1. The van der Waals surface area contributed by atoms with Gasteiger partial charge < -0.3 is 10.4 Å². The number of carbonyl (C=O) groups excluding carboxylic acids is 1. The van der Waals surface area contributed by atoms with Gasteiger partial charge in [0.15, 0.2) is 0 Å². The summed E-state index contributed by atoms with van der Waals surface area (Å²) in [6.07, 6.45) is 1.56. The quantitative estimate of drug-likeness (QED) is 0.863. The number of amides is 1. The molecule has 0 aliphatic heterocycles. The summed E-state index contributed by atoms with van der Waals surface area (Å²) < 4.78 is 0. The van der Waals surface area contributed by atoms with Crippen molar-refractivity contribution in [2.75, 3.05) is 5.32 Å². The molecule has 0 radical (unpaired) electrons. The van der Waals surface area contributed by atoms with Gasteiger partial charge in [-0.25, -0.2) is 9.78 Å². The minimum absolute atomic E-state index is 0.0728. The van der Waals surface area contributed by atoms with Crippen molar-refractivity contribution in [3.8, 4) is 0 Å². The number of benzene rings is 1. The third-order valence-corrected chi connectivity index (χ3v) is 2.28. The second-order valence-electron chi connectivity index (χ2n) is 3.56. The van der Waals surface area contributed by atoms with Gasteiger partial charge >= 0.3 is 5.97 Å². The molecule has 18 heavy (non-hydrogen) atoms. The highest BCUT2D eigenvalue weighted by atomic mass is 16.4. The van der Waals surface area contributed by atoms with Gasteiger partial charge in [-0.15, -0.1) is 0 Å². The molecule has 2 aromatic rings. The SMILES string of the molecule is O=C(O)c1cccc(C(=O)Nc2ccccn2)c1. The van der Waals surface area contributed by atoms with Crippen molar-refractivity contribution in [3.05, 3.63) is 59.8 Å². The lowest BCUT2D eigenvalue weighted by molar-refractivity contribution is 0.0697. The van der Waals surface area contributed by atoms with Crippen LogP contribution in [0.2, 0.25) is 0 Å². The lowest BCUT2D eigenvalue weighted by Crippen LogP contribution is -2.13. The standard InChI is InChI=1S/C13H10N2O3/c16-12(15-11-6-1-2-7-14-11)9-4-3-5-10(8-9)13(17)18/h1-8H,(H,17,18)(H,14,15,16). The molecular weight excluding hydrogens is 232 g/mol. The van der Waals surface area contributed by atoms with Crippen LogP contribution in [-0.4, -0.2) is 22.0 Å². The van der Waals surface area contributed by atoms with Crippen molar-refractivity contribution in [1.29, 1.82) is 0 Å². The van der Waals surface area contributed by atoms with Crippen LogP contribution in [-0.2, 0) is 0 Å². The number of nitrogens with one attached hydrogen (secondary N) is 1. The molecule has 0 saturated carbocycles. The third-order valence-electron chi connectivity index (χ3n) is 2.28. The van der Waals surface area contributed by atoms with Crippen LogP contribution in [0.25, 0.3) is 0 Å². The van der Waals surface area contributed by atoms with E-state index in [1.807, 2.05) is 0 Å². The molecule has 0 atom stereocenters. The summed E-state index contributed by atoms with van der Waals surface area (Å²) >= 11 is 0. The Bertz CT molecular complexity index is 582. The number of aromatic nitrogens is 1. The molecule has 90 valence electrons. The maximum absolute atomic E-state index is 11.8. The van der Waals surface area contributed by atoms with E-state index in [1.54, 1.807) is 30.5 Å². The molecule has 0 saturated heterocycles. The highest BCUT2D eigenvalue weighted by molar-refractivity contribution is 6.05. The first-order valence-corrected chi connectivity index (χ1v) is 5.22. The number of hydrogen-bond donors (Lipinski definition) is 2. The molecule has 0 unspecified atom stereocenters. The molecule has 0 spiro atoms. The molecule has 2 rings (SSSR count). The molecule has 2 N–H and O–H groups in total. The Labute approximate surface area is 103 Å². The van der Waals surface area contributed by atoms with Gasteiger partial charge in [-0.1, -0.05) is 12.1 Å². The van der Waals surface area contributed by atoms with E-state index < -0.39 is 11.9 Å². The summed E-state index contributed by atoms with van der Waals surface area (Å²) in [5.74, 6) is -1.04. The number of carboxylic acids is 1. The minimum atomic E-state index is -1.07. The van der Waals surface area contributed by atoms with Gasteiger partial charge in [0.2, 0.25) is 0 Å². The van der Waals surface area contributed by atoms with Crippen molar-refractivity contribution >= 4 is 17.7 Å². The van der Waals surface area contributed by atoms with Crippen molar-refractivity contribution in [2.45, 2.75) is 0 Å². The van der Waals surface area contributed by atoms with Gasteiger partial charge in [-0.05, 0) is 30.3 Å². The Morgan fingerprint density at radius 3 is 2.50 bits per heavy atom. The monoisotopic (exact) mass is 242 g/mol. The molecule has 0 fully saturated rings. The summed E-state index contributed by atoms with van der Waals surface area (Å²) in [4.78, 5) is 26.6. The fourth-order valence-electron chi connectivity index (χ4n) is 1.42. The fourth-order valence-corrected chi connectivity index (χ4v) is 1.42. The molecule has 1 heterocycles. The predicted octanol–water partition coefficient (Wildman–Crippen LogP) is 2.03. The van der Waals surface area contributed by atoms with Crippen molar-refractivity contribution in [1.82, 2.24) is 4.98 Å². The first-order chi connectivity index (χ1) is 8.66. The van der Waals surface area contributed by atoms with Crippen molar-refractivity contribution in [3.63, 3.8) is 0 Å². The van der Waals surface area contributed by atoms with Crippen LogP contribution in [0.3, 0.4) is 0 Å². The number of carbonyl (C=O) groups is 2. The average molecular weight is 242 g/mol. The van der Waals surface area contributed by atoms with E-state index in [2.05, 4.69) is 10.3 Å². The molecule has 0 aliphatic carbocycles. The summed E-state index contributed by atoms with van der Waals surface area (Å²) in [5, 5.41) is 11.4. The van der Waals surface area contributed by atoms with Crippen LogP contribution in [0.1, 0.15) is 20.7 Å². The average Bonchev–Trinajstić information content (AvgIpc) is 2.40. The van der Waals surface area contributed by atoms with Crippen LogP contribution in [0.4, 0.5) is 5.82 Å². The van der Waals surface area contributed by atoms with Gasteiger partial charge in [-0.3, -0.25) is 4.79 Å². The fraction of sp³-hybridized carbons (Fsp3) is 0. The molecule has 0 aliphatic rings. The predicted molar refractivity (Wildman–Crippen MR) is 65.6 cm³/mol. The first-order valence-electron chi connectivity index (χ1n) is 5.22. The smallest absolute Gasteiger partial charge is 0.335 e. The molecule has 1 aromatic carbocycles. The van der Waals surface area contributed by atoms with Gasteiger partial charge in [0.1, 0.15) is 5.82 Å². The van der Waals surface area contributed by atoms with E-state index in [0.29, 0.717) is 5.82 Å². The van der Waals surface area contributed by atoms with E-state index >= 15 is 0 Å². The van der Waals surface area contributed by atoms with Crippen molar-refractivity contribution < 1.29 is 14.7 Å². The Hall–Kier alpha value is -2.69. The van der Waals surface area contributed by atoms with E-state index in [9.17, 15) is 9.59 Å². The topological polar surface area (TPSA) is 79.3 Å².